The van der Waals surface area contributed by atoms with E-state index in [1.807, 2.05) is 43.3 Å². The molecular formula is C27H33N3O5. The van der Waals surface area contributed by atoms with Gasteiger partial charge in [0.1, 0.15) is 12.6 Å². The predicted octanol–water partition coefficient (Wildman–Crippen LogP) is 3.17. The molecule has 0 unspecified atom stereocenters. The van der Waals surface area contributed by atoms with E-state index in [4.69, 9.17) is 9.84 Å². The number of likely N-dealkylation sites (tertiary alicyclic amines) is 1. The number of amides is 2. The molecular weight excluding hydrogens is 446 g/mol. The molecule has 8 heteroatoms. The number of rotatable bonds is 10. The van der Waals surface area contributed by atoms with E-state index in [9.17, 15) is 14.4 Å². The first-order chi connectivity index (χ1) is 16.8. The van der Waals surface area contributed by atoms with E-state index in [0.29, 0.717) is 32.0 Å². The van der Waals surface area contributed by atoms with Crippen molar-refractivity contribution < 1.29 is 24.2 Å². The van der Waals surface area contributed by atoms with Crippen molar-refractivity contribution in [1.29, 1.82) is 0 Å². The van der Waals surface area contributed by atoms with Crippen molar-refractivity contribution in [3.8, 4) is 11.1 Å². The fourth-order valence-corrected chi connectivity index (χ4v) is 5.03. The monoisotopic (exact) mass is 479 g/mol. The zero-order valence-electron chi connectivity index (χ0n) is 20.3. The largest absolute Gasteiger partial charge is 0.481 e. The number of ether oxygens (including phenoxy) is 1. The van der Waals surface area contributed by atoms with Gasteiger partial charge in [-0.25, -0.2) is 4.79 Å². The molecule has 1 fully saturated rings. The summed E-state index contributed by atoms with van der Waals surface area (Å²) in [7, 11) is 3.70. The lowest BCUT2D eigenvalue weighted by molar-refractivity contribution is -0.141. The maximum Gasteiger partial charge on any atom is 0.407 e. The Labute approximate surface area is 205 Å². The van der Waals surface area contributed by atoms with Gasteiger partial charge < -0.3 is 25.0 Å². The Morgan fingerprint density at radius 3 is 2.23 bits per heavy atom. The van der Waals surface area contributed by atoms with E-state index in [0.717, 1.165) is 28.7 Å². The van der Waals surface area contributed by atoms with Crippen LogP contribution in [0.1, 0.15) is 36.3 Å². The van der Waals surface area contributed by atoms with Gasteiger partial charge >= 0.3 is 12.1 Å². The zero-order chi connectivity index (χ0) is 24.9. The highest BCUT2D eigenvalue weighted by molar-refractivity contribution is 5.86. The summed E-state index contributed by atoms with van der Waals surface area (Å²) >= 11 is 0. The van der Waals surface area contributed by atoms with Gasteiger partial charge in [-0.2, -0.15) is 0 Å². The van der Waals surface area contributed by atoms with Crippen LogP contribution in [-0.4, -0.2) is 79.3 Å². The number of aliphatic carboxylic acids is 1. The normalized spacial score (nSPS) is 15.8. The minimum absolute atomic E-state index is 0.0434. The molecule has 1 atom stereocenters. The van der Waals surface area contributed by atoms with Gasteiger partial charge in [0.25, 0.3) is 0 Å². The van der Waals surface area contributed by atoms with Crippen LogP contribution < -0.4 is 5.32 Å². The summed E-state index contributed by atoms with van der Waals surface area (Å²) in [5.41, 5.74) is 4.59. The van der Waals surface area contributed by atoms with E-state index < -0.39 is 18.1 Å². The Morgan fingerprint density at radius 1 is 1.06 bits per heavy atom. The van der Waals surface area contributed by atoms with Crippen molar-refractivity contribution in [2.45, 2.75) is 31.2 Å². The number of alkyl carbamates (subject to hydrolysis) is 1. The van der Waals surface area contributed by atoms with Crippen LogP contribution in [0.25, 0.3) is 11.1 Å². The molecule has 1 aliphatic carbocycles. The molecule has 1 heterocycles. The Kier molecular flexibility index (Phi) is 7.70. The van der Waals surface area contributed by atoms with E-state index >= 15 is 0 Å². The van der Waals surface area contributed by atoms with Gasteiger partial charge in [-0.1, -0.05) is 48.5 Å². The second-order valence-corrected chi connectivity index (χ2v) is 9.68. The fourth-order valence-electron chi connectivity index (χ4n) is 5.03. The number of carbonyl (C=O) groups is 3. The third-order valence-corrected chi connectivity index (χ3v) is 6.75. The Balaban J connectivity index is 1.32. The molecule has 0 bridgehead atoms. The number of benzene rings is 2. The van der Waals surface area contributed by atoms with Crippen LogP contribution in [0.4, 0.5) is 4.79 Å². The standard InChI is InChI=1S/C27H33N3O5/c1-29(2)16-24(26(33)30-14-18(15-30)8-7-13-25(31)32)28-27(34)35-17-23-21-11-5-3-9-19(21)20-10-4-6-12-22(20)23/h3-6,9-12,18,23-24H,7-8,13-17H2,1-2H3,(H,28,34)(H,31,32)/t24-/m0/s1. The van der Waals surface area contributed by atoms with Gasteiger partial charge in [-0.05, 0) is 55.1 Å². The summed E-state index contributed by atoms with van der Waals surface area (Å²) in [4.78, 5) is 40.1. The second kappa shape index (κ2) is 10.9. The molecule has 2 aromatic carbocycles. The van der Waals surface area contributed by atoms with Crippen LogP contribution in [0, 0.1) is 5.92 Å². The molecule has 35 heavy (non-hydrogen) atoms. The predicted molar refractivity (Wildman–Crippen MR) is 132 cm³/mol. The number of carbonyl (C=O) groups excluding carboxylic acids is 2. The van der Waals surface area contributed by atoms with Gasteiger partial charge in [-0.3, -0.25) is 9.59 Å². The average Bonchev–Trinajstić information content (AvgIpc) is 3.11. The number of carboxylic acid groups (broad SMARTS) is 1. The molecule has 2 N–H and O–H groups in total. The molecule has 1 aliphatic heterocycles. The molecule has 8 nitrogen and oxygen atoms in total. The van der Waals surface area contributed by atoms with E-state index in [2.05, 4.69) is 29.6 Å². The molecule has 2 aromatic rings. The van der Waals surface area contributed by atoms with Crippen LogP contribution in [0.2, 0.25) is 0 Å². The van der Waals surface area contributed by atoms with Crippen LogP contribution in [0.5, 0.6) is 0 Å². The summed E-state index contributed by atoms with van der Waals surface area (Å²) in [6.45, 7) is 1.74. The quantitative estimate of drug-likeness (QED) is 0.543. The lowest BCUT2D eigenvalue weighted by Gasteiger charge is -2.41. The minimum Gasteiger partial charge on any atom is -0.481 e. The topological polar surface area (TPSA) is 99.2 Å². The third kappa shape index (κ3) is 5.82. The van der Waals surface area contributed by atoms with E-state index in [1.165, 1.54) is 0 Å². The number of hydrogen-bond donors (Lipinski definition) is 2. The first-order valence-corrected chi connectivity index (χ1v) is 12.1. The zero-order valence-corrected chi connectivity index (χ0v) is 20.3. The maximum atomic E-state index is 13.0. The molecule has 0 saturated carbocycles. The average molecular weight is 480 g/mol. The molecule has 0 radical (unpaired) electrons. The lowest BCUT2D eigenvalue weighted by Crippen LogP contribution is -2.59. The van der Waals surface area contributed by atoms with Crippen molar-refractivity contribution >= 4 is 18.0 Å². The Hall–Kier alpha value is -3.39. The van der Waals surface area contributed by atoms with Crippen molar-refractivity contribution in [1.82, 2.24) is 15.1 Å². The number of likely N-dealkylation sites (N-methyl/N-ethyl adjacent to an activating group) is 1. The number of hydrogen-bond acceptors (Lipinski definition) is 5. The van der Waals surface area contributed by atoms with Crippen molar-refractivity contribution in [3.63, 3.8) is 0 Å². The number of fused-ring (bicyclic) bond motifs is 3. The van der Waals surface area contributed by atoms with Gasteiger partial charge in [0.15, 0.2) is 0 Å². The summed E-state index contributed by atoms with van der Waals surface area (Å²) < 4.78 is 5.64. The number of carboxylic acids is 1. The first-order valence-electron chi connectivity index (χ1n) is 12.1. The van der Waals surface area contributed by atoms with Crippen LogP contribution >= 0.6 is 0 Å². The highest BCUT2D eigenvalue weighted by atomic mass is 16.5. The molecule has 1 saturated heterocycles. The molecule has 2 aliphatic rings. The van der Waals surface area contributed by atoms with Crippen LogP contribution in [-0.2, 0) is 14.3 Å². The Morgan fingerprint density at radius 2 is 1.66 bits per heavy atom. The van der Waals surface area contributed by atoms with Gasteiger partial charge in [-0.15, -0.1) is 0 Å². The van der Waals surface area contributed by atoms with Gasteiger partial charge in [0.2, 0.25) is 5.91 Å². The summed E-state index contributed by atoms with van der Waals surface area (Å²) in [6.07, 6.45) is 0.942. The summed E-state index contributed by atoms with van der Waals surface area (Å²) in [5, 5.41) is 11.6. The Bertz CT molecular complexity index is 1030. The number of nitrogens with zero attached hydrogens (tertiary/aromatic N) is 2. The molecule has 0 spiro atoms. The van der Waals surface area contributed by atoms with Crippen molar-refractivity contribution in [3.05, 3.63) is 59.7 Å². The minimum atomic E-state index is -0.796. The lowest BCUT2D eigenvalue weighted by atomic mass is 9.93. The third-order valence-electron chi connectivity index (χ3n) is 6.75. The van der Waals surface area contributed by atoms with Crippen LogP contribution in [0.15, 0.2) is 48.5 Å². The molecule has 186 valence electrons. The second-order valence-electron chi connectivity index (χ2n) is 9.68. The van der Waals surface area contributed by atoms with E-state index in [-0.39, 0.29) is 24.9 Å². The highest BCUT2D eigenvalue weighted by Gasteiger charge is 2.36. The fraction of sp³-hybridized carbons (Fsp3) is 0.444. The molecule has 0 aromatic heterocycles. The number of nitrogens with one attached hydrogen (secondary N) is 1. The highest BCUT2D eigenvalue weighted by Crippen LogP contribution is 2.44. The smallest absolute Gasteiger partial charge is 0.407 e. The molecule has 2 amide bonds. The molecule has 4 rings (SSSR count). The SMILES string of the molecule is CN(C)C[C@H](NC(=O)OCC1c2ccccc2-c2ccccc21)C(=O)N1CC(CCCC(=O)O)C1. The van der Waals surface area contributed by atoms with E-state index in [1.54, 1.807) is 4.90 Å². The van der Waals surface area contributed by atoms with Gasteiger partial charge in [0, 0.05) is 32.0 Å². The summed E-state index contributed by atoms with van der Waals surface area (Å²) in [5.74, 6) is -0.664. The van der Waals surface area contributed by atoms with Crippen LogP contribution in [0.3, 0.4) is 0 Å². The maximum absolute atomic E-state index is 13.0. The first kappa shape index (κ1) is 24.7. The van der Waals surface area contributed by atoms with Crippen molar-refractivity contribution in [2.75, 3.05) is 40.3 Å². The van der Waals surface area contributed by atoms with Gasteiger partial charge in [0.05, 0.1) is 0 Å². The summed E-state index contributed by atoms with van der Waals surface area (Å²) in [6, 6.07) is 15.6. The van der Waals surface area contributed by atoms with Crippen molar-refractivity contribution in [2.24, 2.45) is 5.92 Å².